The molecule has 0 saturated carbocycles. The summed E-state index contributed by atoms with van der Waals surface area (Å²) in [5, 5.41) is 0. The highest BCUT2D eigenvalue weighted by molar-refractivity contribution is 6.60. The Labute approximate surface area is 113 Å². The first-order valence-corrected chi connectivity index (χ1v) is 9.00. The summed E-state index contributed by atoms with van der Waals surface area (Å²) in [4.78, 5) is 2.56. The minimum absolute atomic E-state index is 0.843. The van der Waals surface area contributed by atoms with Gasteiger partial charge in [0.25, 0.3) is 0 Å². The van der Waals surface area contributed by atoms with Gasteiger partial charge in [-0.3, -0.25) is 0 Å². The summed E-state index contributed by atoms with van der Waals surface area (Å²) >= 11 is 0. The zero-order valence-electron chi connectivity index (χ0n) is 12.4. The second kappa shape index (κ2) is 8.27. The Morgan fingerprint density at radius 3 is 2.39 bits per heavy atom. The lowest BCUT2D eigenvalue weighted by Crippen LogP contribution is -2.42. The Hall–Kier alpha value is 0.0569. The standard InChI is InChI=1S/C13H29NO3Si/c1-5-14-10-6-8-13(12-14)9-7-11-18(15-2,16-3)17-4/h13H,5-12H2,1-4H3. The van der Waals surface area contributed by atoms with E-state index in [4.69, 9.17) is 13.3 Å². The summed E-state index contributed by atoms with van der Waals surface area (Å²) in [6.45, 7) is 5.97. The van der Waals surface area contributed by atoms with Gasteiger partial charge >= 0.3 is 8.80 Å². The zero-order chi connectivity index (χ0) is 13.4. The van der Waals surface area contributed by atoms with Crippen molar-refractivity contribution in [2.75, 3.05) is 41.0 Å². The van der Waals surface area contributed by atoms with Gasteiger partial charge in [0.2, 0.25) is 0 Å². The molecule has 108 valence electrons. The van der Waals surface area contributed by atoms with Crippen molar-refractivity contribution in [1.82, 2.24) is 4.90 Å². The number of likely N-dealkylation sites (tertiary alicyclic amines) is 1. The van der Waals surface area contributed by atoms with Gasteiger partial charge in [-0.2, -0.15) is 0 Å². The van der Waals surface area contributed by atoms with Crippen molar-refractivity contribution >= 4 is 8.80 Å². The van der Waals surface area contributed by atoms with Gasteiger partial charge in [-0.25, -0.2) is 0 Å². The van der Waals surface area contributed by atoms with E-state index in [0.29, 0.717) is 0 Å². The molecule has 0 amide bonds. The van der Waals surface area contributed by atoms with E-state index in [1.165, 1.54) is 38.9 Å². The van der Waals surface area contributed by atoms with Crippen LogP contribution in [0.3, 0.4) is 0 Å². The van der Waals surface area contributed by atoms with E-state index < -0.39 is 8.80 Å². The molecule has 0 spiro atoms. The van der Waals surface area contributed by atoms with Crippen LogP contribution in [0.4, 0.5) is 0 Å². The molecule has 0 aromatic rings. The van der Waals surface area contributed by atoms with Crippen LogP contribution < -0.4 is 0 Å². The van der Waals surface area contributed by atoms with Crippen molar-refractivity contribution in [3.05, 3.63) is 0 Å². The lowest BCUT2D eigenvalue weighted by molar-refractivity contribution is 0.120. The number of hydrogen-bond acceptors (Lipinski definition) is 4. The fourth-order valence-electron chi connectivity index (χ4n) is 2.84. The molecule has 0 N–H and O–H groups in total. The predicted molar refractivity (Wildman–Crippen MR) is 75.7 cm³/mol. The van der Waals surface area contributed by atoms with Crippen LogP contribution >= 0.6 is 0 Å². The minimum Gasteiger partial charge on any atom is -0.377 e. The highest BCUT2D eigenvalue weighted by atomic mass is 28.4. The van der Waals surface area contributed by atoms with E-state index in [1.54, 1.807) is 21.3 Å². The van der Waals surface area contributed by atoms with Gasteiger partial charge in [0, 0.05) is 33.9 Å². The highest BCUT2D eigenvalue weighted by Crippen LogP contribution is 2.24. The first kappa shape index (κ1) is 16.1. The molecular weight excluding hydrogens is 246 g/mol. The van der Waals surface area contributed by atoms with Gasteiger partial charge in [0.15, 0.2) is 0 Å². The Balaban J connectivity index is 2.28. The topological polar surface area (TPSA) is 30.9 Å². The van der Waals surface area contributed by atoms with Gasteiger partial charge in [0.05, 0.1) is 0 Å². The number of rotatable bonds is 8. The molecule has 1 atom stereocenters. The molecule has 0 aliphatic carbocycles. The van der Waals surface area contributed by atoms with Crippen LogP contribution in [0.15, 0.2) is 0 Å². The van der Waals surface area contributed by atoms with Gasteiger partial charge in [-0.1, -0.05) is 6.92 Å². The van der Waals surface area contributed by atoms with Crippen molar-refractivity contribution in [3.8, 4) is 0 Å². The molecule has 1 saturated heterocycles. The van der Waals surface area contributed by atoms with Gasteiger partial charge in [-0.05, 0) is 44.7 Å². The predicted octanol–water partition coefficient (Wildman–Crippen LogP) is 2.38. The number of hydrogen-bond donors (Lipinski definition) is 0. The summed E-state index contributed by atoms with van der Waals surface area (Å²) < 4.78 is 16.4. The van der Waals surface area contributed by atoms with Gasteiger partial charge in [-0.15, -0.1) is 0 Å². The first-order valence-electron chi connectivity index (χ1n) is 7.07. The monoisotopic (exact) mass is 275 g/mol. The Morgan fingerprint density at radius 1 is 1.17 bits per heavy atom. The lowest BCUT2D eigenvalue weighted by Gasteiger charge is -2.32. The van der Waals surface area contributed by atoms with Crippen LogP contribution in [0.25, 0.3) is 0 Å². The van der Waals surface area contributed by atoms with Crippen LogP contribution in [0, 0.1) is 5.92 Å². The first-order chi connectivity index (χ1) is 8.69. The molecule has 0 bridgehead atoms. The van der Waals surface area contributed by atoms with Crippen molar-refractivity contribution in [3.63, 3.8) is 0 Å². The number of nitrogens with zero attached hydrogens (tertiary/aromatic N) is 1. The lowest BCUT2D eigenvalue weighted by atomic mass is 9.94. The SMILES string of the molecule is CCN1CCCC(CCC[Si](OC)(OC)OC)C1. The van der Waals surface area contributed by atoms with Crippen molar-refractivity contribution < 1.29 is 13.3 Å². The van der Waals surface area contributed by atoms with Crippen LogP contribution in [0.5, 0.6) is 0 Å². The molecule has 4 nitrogen and oxygen atoms in total. The summed E-state index contributed by atoms with van der Waals surface area (Å²) in [7, 11) is 2.74. The molecule has 1 aliphatic heterocycles. The molecule has 5 heteroatoms. The zero-order valence-corrected chi connectivity index (χ0v) is 13.4. The van der Waals surface area contributed by atoms with E-state index in [9.17, 15) is 0 Å². The maximum Gasteiger partial charge on any atom is 0.500 e. The third-order valence-corrected chi connectivity index (χ3v) is 6.91. The Morgan fingerprint density at radius 2 is 1.83 bits per heavy atom. The molecule has 0 aromatic heterocycles. The van der Waals surface area contributed by atoms with E-state index >= 15 is 0 Å². The number of piperidine rings is 1. The summed E-state index contributed by atoms with van der Waals surface area (Å²) in [5.74, 6) is 0.843. The fourth-order valence-corrected chi connectivity index (χ4v) is 4.59. The Kier molecular flexibility index (Phi) is 7.40. The molecule has 1 heterocycles. The second-order valence-corrected chi connectivity index (χ2v) is 8.18. The van der Waals surface area contributed by atoms with Gasteiger partial charge < -0.3 is 18.2 Å². The molecule has 1 aliphatic rings. The van der Waals surface area contributed by atoms with E-state index in [-0.39, 0.29) is 0 Å². The van der Waals surface area contributed by atoms with Crippen LogP contribution in [0.2, 0.25) is 6.04 Å². The molecule has 1 unspecified atom stereocenters. The maximum atomic E-state index is 5.45. The molecule has 1 fully saturated rings. The van der Waals surface area contributed by atoms with E-state index in [1.807, 2.05) is 0 Å². The third-order valence-electron chi connectivity index (χ3n) is 4.08. The van der Waals surface area contributed by atoms with Crippen molar-refractivity contribution in [1.29, 1.82) is 0 Å². The van der Waals surface area contributed by atoms with Crippen molar-refractivity contribution in [2.45, 2.75) is 38.7 Å². The van der Waals surface area contributed by atoms with Crippen LogP contribution in [-0.2, 0) is 13.3 Å². The minimum atomic E-state index is -2.34. The molecule has 0 radical (unpaired) electrons. The smallest absolute Gasteiger partial charge is 0.377 e. The average Bonchev–Trinajstić information content (AvgIpc) is 2.44. The Bertz CT molecular complexity index is 216. The normalized spacial score (nSPS) is 22.3. The maximum absolute atomic E-state index is 5.45. The molecule has 1 rings (SSSR count). The highest BCUT2D eigenvalue weighted by Gasteiger charge is 2.37. The van der Waals surface area contributed by atoms with E-state index in [2.05, 4.69) is 11.8 Å². The van der Waals surface area contributed by atoms with Crippen LogP contribution in [-0.4, -0.2) is 54.7 Å². The third kappa shape index (κ3) is 4.62. The fraction of sp³-hybridized carbons (Fsp3) is 1.00. The summed E-state index contributed by atoms with van der Waals surface area (Å²) in [6.07, 6.45) is 5.13. The second-order valence-electron chi connectivity index (χ2n) is 5.09. The average molecular weight is 275 g/mol. The quantitative estimate of drug-likeness (QED) is 0.636. The van der Waals surface area contributed by atoms with Crippen molar-refractivity contribution in [2.24, 2.45) is 5.92 Å². The summed E-state index contributed by atoms with van der Waals surface area (Å²) in [6, 6.07) is 0.930. The van der Waals surface area contributed by atoms with E-state index in [0.717, 1.165) is 18.4 Å². The largest absolute Gasteiger partial charge is 0.500 e. The molecule has 0 aromatic carbocycles. The van der Waals surface area contributed by atoms with Gasteiger partial charge in [0.1, 0.15) is 0 Å². The summed E-state index contributed by atoms with van der Waals surface area (Å²) in [5.41, 5.74) is 0. The van der Waals surface area contributed by atoms with Crippen LogP contribution in [0.1, 0.15) is 32.6 Å². The molecular formula is C13H29NO3Si. The molecule has 18 heavy (non-hydrogen) atoms.